The number of carbonyl (C=O) groups excluding carboxylic acids is 1. The lowest BCUT2D eigenvalue weighted by Gasteiger charge is -2.25. The zero-order valence-corrected chi connectivity index (χ0v) is 15.4. The Kier molecular flexibility index (Phi) is 5.94. The van der Waals surface area contributed by atoms with Crippen LogP contribution in [0, 0.1) is 5.82 Å². The van der Waals surface area contributed by atoms with E-state index >= 15 is 0 Å². The Morgan fingerprint density at radius 3 is 2.48 bits per heavy atom. The Labute approximate surface area is 158 Å². The molecule has 0 spiro atoms. The molecule has 0 aliphatic rings. The minimum Gasteiger partial charge on any atom is -0.322 e. The van der Waals surface area contributed by atoms with Gasteiger partial charge in [0.1, 0.15) is 5.82 Å². The molecule has 138 valence electrons. The summed E-state index contributed by atoms with van der Waals surface area (Å²) in [4.78, 5) is 18.6. The lowest BCUT2D eigenvalue weighted by Crippen LogP contribution is -2.22. The minimum absolute atomic E-state index is 0.254. The fourth-order valence-corrected chi connectivity index (χ4v) is 2.85. The number of hydrogen-bond acceptors (Lipinski definition) is 3. The predicted molar refractivity (Wildman–Crippen MR) is 105 cm³/mol. The quantitative estimate of drug-likeness (QED) is 0.692. The number of rotatable bonds is 6. The highest BCUT2D eigenvalue weighted by Gasteiger charge is 2.12. The molecule has 0 fully saturated rings. The monoisotopic (exact) mass is 363 g/mol. The molecule has 0 aliphatic heterocycles. The summed E-state index contributed by atoms with van der Waals surface area (Å²) in [6.07, 6.45) is 3.59. The van der Waals surface area contributed by atoms with Crippen LogP contribution in [0.15, 0.2) is 73.1 Å². The molecule has 3 rings (SSSR count). The Bertz CT molecular complexity index is 897. The van der Waals surface area contributed by atoms with E-state index in [9.17, 15) is 9.18 Å². The van der Waals surface area contributed by atoms with Crippen molar-refractivity contribution in [2.24, 2.45) is 0 Å². The number of aromatic nitrogens is 1. The van der Waals surface area contributed by atoms with E-state index in [0.717, 1.165) is 12.1 Å². The van der Waals surface area contributed by atoms with Gasteiger partial charge in [0.25, 0.3) is 5.91 Å². The summed E-state index contributed by atoms with van der Waals surface area (Å²) < 4.78 is 13.2. The van der Waals surface area contributed by atoms with Crippen molar-refractivity contribution < 1.29 is 9.18 Å². The largest absolute Gasteiger partial charge is 0.322 e. The number of hydrogen-bond donors (Lipinski definition) is 1. The molecular weight excluding hydrogens is 341 g/mol. The highest BCUT2D eigenvalue weighted by molar-refractivity contribution is 6.04. The van der Waals surface area contributed by atoms with E-state index in [0.29, 0.717) is 11.3 Å². The number of halogens is 1. The van der Waals surface area contributed by atoms with Gasteiger partial charge in [-0.15, -0.1) is 0 Å². The Hall–Kier alpha value is -3.05. The van der Waals surface area contributed by atoms with Gasteiger partial charge in [0.2, 0.25) is 0 Å². The van der Waals surface area contributed by atoms with E-state index in [-0.39, 0.29) is 17.8 Å². The third-order valence-electron chi connectivity index (χ3n) is 4.58. The van der Waals surface area contributed by atoms with Crippen molar-refractivity contribution in [2.75, 3.05) is 12.4 Å². The van der Waals surface area contributed by atoms with Crippen LogP contribution < -0.4 is 5.32 Å². The van der Waals surface area contributed by atoms with Crippen LogP contribution in [0.2, 0.25) is 0 Å². The van der Waals surface area contributed by atoms with Gasteiger partial charge in [0.05, 0.1) is 0 Å². The zero-order chi connectivity index (χ0) is 19.2. The number of carbonyl (C=O) groups is 1. The molecule has 1 atom stereocenters. The van der Waals surface area contributed by atoms with E-state index in [4.69, 9.17) is 0 Å². The van der Waals surface area contributed by atoms with Gasteiger partial charge in [-0.05, 0) is 67.6 Å². The number of amides is 1. The maximum Gasteiger partial charge on any atom is 0.255 e. The molecule has 0 bridgehead atoms. The summed E-state index contributed by atoms with van der Waals surface area (Å²) in [6.45, 7) is 2.91. The van der Waals surface area contributed by atoms with Gasteiger partial charge in [-0.25, -0.2) is 4.39 Å². The molecule has 4 nitrogen and oxygen atoms in total. The smallest absolute Gasteiger partial charge is 0.255 e. The molecule has 0 unspecified atom stereocenters. The average molecular weight is 363 g/mol. The van der Waals surface area contributed by atoms with Crippen LogP contribution in [0.3, 0.4) is 0 Å². The SMILES string of the molecule is C[C@@H](c1ccncc1)N(C)Cc1ccc(C(=O)Nc2cccc(F)c2)cc1. The molecule has 0 saturated carbocycles. The molecule has 1 heterocycles. The van der Waals surface area contributed by atoms with Gasteiger partial charge >= 0.3 is 0 Å². The number of benzene rings is 2. The van der Waals surface area contributed by atoms with E-state index in [1.807, 2.05) is 24.3 Å². The molecule has 1 aromatic heterocycles. The molecule has 0 aliphatic carbocycles. The van der Waals surface area contributed by atoms with Crippen LogP contribution in [0.25, 0.3) is 0 Å². The molecule has 1 amide bonds. The van der Waals surface area contributed by atoms with Crippen LogP contribution in [0.5, 0.6) is 0 Å². The maximum atomic E-state index is 13.2. The predicted octanol–water partition coefficient (Wildman–Crippen LogP) is 4.67. The number of nitrogens with zero attached hydrogens (tertiary/aromatic N) is 2. The lowest BCUT2D eigenvalue weighted by atomic mass is 10.1. The van der Waals surface area contributed by atoms with E-state index < -0.39 is 0 Å². The first-order chi connectivity index (χ1) is 13.0. The maximum absolute atomic E-state index is 13.2. The molecule has 1 N–H and O–H groups in total. The molecular formula is C22H22FN3O. The topological polar surface area (TPSA) is 45.2 Å². The fourth-order valence-electron chi connectivity index (χ4n) is 2.85. The zero-order valence-electron chi connectivity index (χ0n) is 15.4. The van der Waals surface area contributed by atoms with E-state index in [1.165, 1.54) is 17.7 Å². The van der Waals surface area contributed by atoms with Crippen molar-refractivity contribution in [3.63, 3.8) is 0 Å². The second-order valence-electron chi connectivity index (χ2n) is 6.53. The van der Waals surface area contributed by atoms with Gasteiger partial charge in [0, 0.05) is 36.2 Å². The van der Waals surface area contributed by atoms with Crippen LogP contribution in [-0.4, -0.2) is 22.8 Å². The highest BCUT2D eigenvalue weighted by Crippen LogP contribution is 2.20. The summed E-state index contributed by atoms with van der Waals surface area (Å²) >= 11 is 0. The molecule has 3 aromatic rings. The average Bonchev–Trinajstić information content (AvgIpc) is 2.68. The van der Waals surface area contributed by atoms with Crippen molar-refractivity contribution in [2.45, 2.75) is 19.5 Å². The third-order valence-corrected chi connectivity index (χ3v) is 4.58. The van der Waals surface area contributed by atoms with Crippen LogP contribution >= 0.6 is 0 Å². The van der Waals surface area contributed by atoms with E-state index in [1.54, 1.807) is 36.7 Å². The summed E-state index contributed by atoms with van der Waals surface area (Å²) in [5.41, 5.74) is 3.29. The summed E-state index contributed by atoms with van der Waals surface area (Å²) in [5.74, 6) is -0.639. The van der Waals surface area contributed by atoms with Gasteiger partial charge < -0.3 is 5.32 Å². The second-order valence-corrected chi connectivity index (χ2v) is 6.53. The Balaban J connectivity index is 1.62. The standard InChI is InChI=1S/C22H22FN3O/c1-16(18-10-12-24-13-11-18)26(2)15-17-6-8-19(9-7-17)22(27)25-21-5-3-4-20(23)14-21/h3-14,16H,15H2,1-2H3,(H,25,27)/t16-/m0/s1. The molecule has 2 aromatic carbocycles. The van der Waals surface area contributed by atoms with Gasteiger partial charge in [-0.2, -0.15) is 0 Å². The van der Waals surface area contributed by atoms with Crippen molar-refractivity contribution >= 4 is 11.6 Å². The van der Waals surface area contributed by atoms with Gasteiger partial charge in [-0.1, -0.05) is 18.2 Å². The second kappa shape index (κ2) is 8.56. The lowest BCUT2D eigenvalue weighted by molar-refractivity contribution is 0.102. The number of pyridine rings is 1. The van der Waals surface area contributed by atoms with Gasteiger partial charge in [0.15, 0.2) is 0 Å². The normalized spacial score (nSPS) is 12.0. The van der Waals surface area contributed by atoms with Crippen molar-refractivity contribution in [1.29, 1.82) is 0 Å². The van der Waals surface area contributed by atoms with Gasteiger partial charge in [-0.3, -0.25) is 14.7 Å². The van der Waals surface area contributed by atoms with Crippen LogP contribution in [0.4, 0.5) is 10.1 Å². The summed E-state index contributed by atoms with van der Waals surface area (Å²) in [6, 6.07) is 17.6. The summed E-state index contributed by atoms with van der Waals surface area (Å²) in [7, 11) is 2.07. The van der Waals surface area contributed by atoms with Crippen LogP contribution in [-0.2, 0) is 6.54 Å². The Morgan fingerprint density at radius 2 is 1.81 bits per heavy atom. The van der Waals surface area contributed by atoms with Crippen molar-refractivity contribution in [1.82, 2.24) is 9.88 Å². The highest BCUT2D eigenvalue weighted by atomic mass is 19.1. The molecule has 0 saturated heterocycles. The number of anilines is 1. The van der Waals surface area contributed by atoms with Crippen LogP contribution in [0.1, 0.15) is 34.5 Å². The fraction of sp³-hybridized carbons (Fsp3) is 0.182. The Morgan fingerprint density at radius 1 is 1.11 bits per heavy atom. The third kappa shape index (κ3) is 4.99. The first kappa shape index (κ1) is 18.7. The minimum atomic E-state index is -0.380. The molecule has 27 heavy (non-hydrogen) atoms. The number of nitrogens with one attached hydrogen (secondary N) is 1. The molecule has 5 heteroatoms. The first-order valence-corrected chi connectivity index (χ1v) is 8.79. The summed E-state index contributed by atoms with van der Waals surface area (Å²) in [5, 5.41) is 2.70. The first-order valence-electron chi connectivity index (χ1n) is 8.79. The van der Waals surface area contributed by atoms with Crippen molar-refractivity contribution in [3.8, 4) is 0 Å². The van der Waals surface area contributed by atoms with E-state index in [2.05, 4.69) is 29.2 Å². The molecule has 0 radical (unpaired) electrons. The van der Waals surface area contributed by atoms with Crippen molar-refractivity contribution in [3.05, 3.63) is 95.6 Å².